The van der Waals surface area contributed by atoms with Crippen LogP contribution >= 0.6 is 0 Å². The molecule has 1 atom stereocenters. The van der Waals surface area contributed by atoms with Crippen LogP contribution in [0.15, 0.2) is 23.1 Å². The fourth-order valence-corrected chi connectivity index (χ4v) is 4.15. The minimum atomic E-state index is -3.69. The van der Waals surface area contributed by atoms with Crippen molar-refractivity contribution in [3.05, 3.63) is 23.8 Å². The zero-order valence-corrected chi connectivity index (χ0v) is 13.0. The first-order valence-electron chi connectivity index (χ1n) is 6.82. The molecule has 1 aliphatic rings. The molecule has 1 unspecified atom stereocenters. The molecule has 0 radical (unpaired) electrons. The highest BCUT2D eigenvalue weighted by atomic mass is 32.2. The second kappa shape index (κ2) is 5.31. The van der Waals surface area contributed by atoms with Crippen molar-refractivity contribution in [2.45, 2.75) is 44.0 Å². The topological polar surface area (TPSA) is 115 Å². The lowest BCUT2D eigenvalue weighted by Crippen LogP contribution is -2.34. The van der Waals surface area contributed by atoms with Gasteiger partial charge in [0, 0.05) is 11.6 Å². The molecule has 1 saturated carbocycles. The molecule has 2 rings (SSSR count). The third-order valence-electron chi connectivity index (χ3n) is 3.87. The third-order valence-corrected chi connectivity index (χ3v) is 5.47. The first kappa shape index (κ1) is 15.8. The minimum Gasteiger partial charge on any atom is -0.398 e. The van der Waals surface area contributed by atoms with Gasteiger partial charge in [-0.15, -0.1) is 0 Å². The maximum Gasteiger partial charge on any atom is 0.248 e. The fraction of sp³-hybridized carbons (Fsp3) is 0.500. The Morgan fingerprint density at radius 1 is 1.38 bits per heavy atom. The van der Waals surface area contributed by atoms with Crippen LogP contribution in [0.2, 0.25) is 0 Å². The minimum absolute atomic E-state index is 0.0165. The summed E-state index contributed by atoms with van der Waals surface area (Å²) in [7, 11) is -3.69. The summed E-state index contributed by atoms with van der Waals surface area (Å²) < 4.78 is 27.5. The van der Waals surface area contributed by atoms with Gasteiger partial charge in [-0.25, -0.2) is 13.1 Å². The molecule has 0 heterocycles. The number of nitrogens with two attached hydrogens (primary N) is 2. The number of hydrogen-bond acceptors (Lipinski definition) is 4. The molecule has 1 aromatic carbocycles. The lowest BCUT2D eigenvalue weighted by molar-refractivity contribution is 0.1000. The van der Waals surface area contributed by atoms with E-state index in [1.807, 2.05) is 0 Å². The number of carbonyl (C=O) groups is 1. The lowest BCUT2D eigenvalue weighted by atomic mass is 9.92. The largest absolute Gasteiger partial charge is 0.398 e. The lowest BCUT2D eigenvalue weighted by Gasteiger charge is -2.18. The number of sulfonamides is 1. The molecule has 1 amide bonds. The first-order valence-corrected chi connectivity index (χ1v) is 8.31. The summed E-state index contributed by atoms with van der Waals surface area (Å²) in [5.74, 6) is -0.642. The highest BCUT2D eigenvalue weighted by Gasteiger charge is 2.34. The Kier molecular flexibility index (Phi) is 3.99. The molecule has 1 aromatic rings. The van der Waals surface area contributed by atoms with E-state index in [1.165, 1.54) is 18.2 Å². The second-order valence-corrected chi connectivity index (χ2v) is 8.02. The van der Waals surface area contributed by atoms with Gasteiger partial charge in [-0.05, 0) is 42.9 Å². The van der Waals surface area contributed by atoms with Crippen molar-refractivity contribution >= 4 is 21.6 Å². The van der Waals surface area contributed by atoms with E-state index < -0.39 is 15.9 Å². The molecule has 0 aromatic heterocycles. The molecule has 116 valence electrons. The smallest absolute Gasteiger partial charge is 0.248 e. The molecule has 6 nitrogen and oxygen atoms in total. The zero-order chi connectivity index (χ0) is 15.8. The zero-order valence-electron chi connectivity index (χ0n) is 12.2. The van der Waals surface area contributed by atoms with Crippen LogP contribution in [-0.2, 0) is 10.0 Å². The molecular formula is C14H21N3O3S. The van der Waals surface area contributed by atoms with E-state index in [-0.39, 0.29) is 27.6 Å². The van der Waals surface area contributed by atoms with Crippen molar-refractivity contribution in [1.29, 1.82) is 0 Å². The summed E-state index contributed by atoms with van der Waals surface area (Å²) in [6.45, 7) is 4.24. The number of amides is 1. The predicted molar refractivity (Wildman–Crippen MR) is 81.1 cm³/mol. The van der Waals surface area contributed by atoms with E-state index in [9.17, 15) is 13.2 Å². The van der Waals surface area contributed by atoms with Gasteiger partial charge < -0.3 is 11.5 Å². The summed E-state index contributed by atoms with van der Waals surface area (Å²) in [5.41, 5.74) is 11.2. The van der Waals surface area contributed by atoms with Crippen molar-refractivity contribution in [1.82, 2.24) is 4.72 Å². The Morgan fingerprint density at radius 2 is 2.05 bits per heavy atom. The Morgan fingerprint density at radius 3 is 2.52 bits per heavy atom. The number of nitrogen functional groups attached to an aromatic ring is 1. The van der Waals surface area contributed by atoms with Crippen LogP contribution in [0, 0.1) is 5.41 Å². The van der Waals surface area contributed by atoms with Gasteiger partial charge in [0.25, 0.3) is 0 Å². The average molecular weight is 311 g/mol. The number of nitrogens with one attached hydrogen (secondary N) is 1. The molecule has 21 heavy (non-hydrogen) atoms. The molecule has 0 aliphatic heterocycles. The monoisotopic (exact) mass is 311 g/mol. The average Bonchev–Trinajstić information content (AvgIpc) is 2.67. The van der Waals surface area contributed by atoms with Gasteiger partial charge in [0.1, 0.15) is 4.90 Å². The predicted octanol–water partition coefficient (Wildman–Crippen LogP) is 1.22. The van der Waals surface area contributed by atoms with E-state index in [4.69, 9.17) is 11.5 Å². The Bertz CT molecular complexity index is 668. The van der Waals surface area contributed by atoms with Crippen molar-refractivity contribution in [3.8, 4) is 0 Å². The number of anilines is 1. The van der Waals surface area contributed by atoms with Crippen molar-refractivity contribution in [2.24, 2.45) is 11.1 Å². The van der Waals surface area contributed by atoms with Crippen molar-refractivity contribution in [3.63, 3.8) is 0 Å². The highest BCUT2D eigenvalue weighted by Crippen LogP contribution is 2.37. The normalized spacial score (nSPS) is 21.3. The van der Waals surface area contributed by atoms with Crippen LogP contribution < -0.4 is 16.2 Å². The number of hydrogen-bond donors (Lipinski definition) is 3. The standard InChI is InChI=1S/C14H21N3O3S/c1-14(2)6-5-10(8-14)17-21(19,20)12-4-3-9(13(16)18)7-11(12)15/h3-4,7,10,17H,5-6,8,15H2,1-2H3,(H2,16,18). The van der Waals surface area contributed by atoms with Gasteiger partial charge in [-0.3, -0.25) is 4.79 Å². The van der Waals surface area contributed by atoms with Gasteiger partial charge in [0.05, 0.1) is 5.69 Å². The number of carbonyl (C=O) groups excluding carboxylic acids is 1. The summed E-state index contributed by atoms with van der Waals surface area (Å²) in [6.07, 6.45) is 2.59. The summed E-state index contributed by atoms with van der Waals surface area (Å²) in [4.78, 5) is 11.0. The SMILES string of the molecule is CC1(C)CCC(NS(=O)(=O)c2ccc(C(N)=O)cc2N)C1. The molecule has 5 N–H and O–H groups in total. The maximum absolute atomic E-state index is 12.4. The fourth-order valence-electron chi connectivity index (χ4n) is 2.77. The second-order valence-electron chi connectivity index (χ2n) is 6.34. The van der Waals surface area contributed by atoms with E-state index >= 15 is 0 Å². The molecule has 0 bridgehead atoms. The Balaban J connectivity index is 2.22. The van der Waals surface area contributed by atoms with Crippen LogP contribution in [0.4, 0.5) is 5.69 Å². The quantitative estimate of drug-likeness (QED) is 0.725. The van der Waals surface area contributed by atoms with E-state index in [0.717, 1.165) is 19.3 Å². The van der Waals surface area contributed by atoms with Crippen LogP contribution in [0.1, 0.15) is 43.5 Å². The Labute approximate surface area is 124 Å². The van der Waals surface area contributed by atoms with Crippen molar-refractivity contribution in [2.75, 3.05) is 5.73 Å². The van der Waals surface area contributed by atoms with E-state index in [0.29, 0.717) is 0 Å². The number of rotatable bonds is 4. The number of benzene rings is 1. The van der Waals surface area contributed by atoms with Crippen molar-refractivity contribution < 1.29 is 13.2 Å². The first-order chi connectivity index (χ1) is 9.61. The van der Waals surface area contributed by atoms with Gasteiger partial charge in [-0.1, -0.05) is 13.8 Å². The van der Waals surface area contributed by atoms with Gasteiger partial charge in [-0.2, -0.15) is 0 Å². The van der Waals surface area contributed by atoms with Crippen LogP contribution in [0.3, 0.4) is 0 Å². The third kappa shape index (κ3) is 3.54. The molecule has 7 heteroatoms. The summed E-state index contributed by atoms with van der Waals surface area (Å²) in [6, 6.07) is 3.89. The van der Waals surface area contributed by atoms with Gasteiger partial charge in [0.15, 0.2) is 0 Å². The van der Waals surface area contributed by atoms with Gasteiger partial charge in [0.2, 0.25) is 15.9 Å². The van der Waals surface area contributed by atoms with Crippen LogP contribution in [0.25, 0.3) is 0 Å². The summed E-state index contributed by atoms with van der Waals surface area (Å²) in [5, 5.41) is 0. The Hall–Kier alpha value is -1.60. The highest BCUT2D eigenvalue weighted by molar-refractivity contribution is 7.89. The summed E-state index contributed by atoms with van der Waals surface area (Å²) >= 11 is 0. The molecular weight excluding hydrogens is 290 g/mol. The maximum atomic E-state index is 12.4. The molecule has 0 spiro atoms. The van der Waals surface area contributed by atoms with E-state index in [2.05, 4.69) is 18.6 Å². The van der Waals surface area contributed by atoms with Gasteiger partial charge >= 0.3 is 0 Å². The molecule has 0 saturated heterocycles. The molecule has 1 aliphatic carbocycles. The van der Waals surface area contributed by atoms with Crippen LogP contribution in [-0.4, -0.2) is 20.4 Å². The van der Waals surface area contributed by atoms with E-state index in [1.54, 1.807) is 0 Å². The number of primary amides is 1. The molecule has 1 fully saturated rings. The van der Waals surface area contributed by atoms with Crippen LogP contribution in [0.5, 0.6) is 0 Å².